The Kier molecular flexibility index (Phi) is 13.8. The normalized spacial score (nSPS) is 11.7. The van der Waals surface area contributed by atoms with Gasteiger partial charge in [-0.05, 0) is 41.7 Å². The number of benzene rings is 3. The standard InChI is InChI=1S/C32H38FN7O5/c33-20-27(42)35-18-19-37-32(45)40-31(34)36-17-7-12-26(29(43)38-21-22-13-15-25(41)16-14-22)39-30(44)28(23-8-3-1-4-9-23)24-10-5-2-6-11-24/h1-6,8-11,13-16,26,28,41H,7,12,17-21H2,(H,35,42)(H,38,43)(H,39,44)(H4,34,36,37,40,45)/t26-/m1/s1. The second-order valence-electron chi connectivity index (χ2n) is 9.97. The number of aliphatic imine (C=N–C) groups is 1. The Morgan fingerprint density at radius 1 is 0.800 bits per heavy atom. The van der Waals surface area contributed by atoms with E-state index in [0.717, 1.165) is 16.7 Å². The molecule has 0 aliphatic carbocycles. The van der Waals surface area contributed by atoms with Crippen molar-refractivity contribution < 1.29 is 28.7 Å². The maximum Gasteiger partial charge on any atom is 0.321 e. The highest BCUT2D eigenvalue weighted by atomic mass is 19.1. The van der Waals surface area contributed by atoms with Gasteiger partial charge >= 0.3 is 6.03 Å². The molecule has 13 heteroatoms. The fourth-order valence-corrected chi connectivity index (χ4v) is 4.36. The summed E-state index contributed by atoms with van der Waals surface area (Å²) in [5, 5.41) is 22.4. The van der Waals surface area contributed by atoms with E-state index in [1.807, 2.05) is 60.7 Å². The number of carbonyl (C=O) groups excluding carboxylic acids is 4. The molecule has 12 nitrogen and oxygen atoms in total. The molecule has 0 heterocycles. The number of nitrogens with two attached hydrogens (primary N) is 1. The molecule has 238 valence electrons. The molecule has 5 amide bonds. The average molecular weight is 620 g/mol. The minimum atomic E-state index is -1.14. The minimum Gasteiger partial charge on any atom is -0.508 e. The highest BCUT2D eigenvalue weighted by molar-refractivity contribution is 5.95. The number of urea groups is 1. The smallest absolute Gasteiger partial charge is 0.321 e. The van der Waals surface area contributed by atoms with Crippen molar-refractivity contribution >= 4 is 29.7 Å². The van der Waals surface area contributed by atoms with E-state index < -0.39 is 36.5 Å². The molecule has 0 aromatic heterocycles. The number of alkyl halides is 1. The van der Waals surface area contributed by atoms with Gasteiger partial charge in [0.05, 0.1) is 5.92 Å². The summed E-state index contributed by atoms with van der Waals surface area (Å²) >= 11 is 0. The molecule has 3 rings (SSSR count). The van der Waals surface area contributed by atoms with Crippen LogP contribution in [0.25, 0.3) is 0 Å². The molecule has 0 saturated heterocycles. The van der Waals surface area contributed by atoms with Crippen molar-refractivity contribution in [2.75, 3.05) is 26.3 Å². The monoisotopic (exact) mass is 619 g/mol. The number of halogens is 1. The number of carbonyl (C=O) groups is 4. The zero-order valence-corrected chi connectivity index (χ0v) is 24.7. The Morgan fingerprint density at radius 3 is 2.00 bits per heavy atom. The number of aromatic hydroxyl groups is 1. The fourth-order valence-electron chi connectivity index (χ4n) is 4.36. The number of amides is 5. The third-order valence-electron chi connectivity index (χ3n) is 6.59. The Labute approximate surface area is 260 Å². The number of nitrogens with one attached hydrogen (secondary N) is 5. The topological polar surface area (TPSA) is 187 Å². The van der Waals surface area contributed by atoms with Crippen LogP contribution in [0.4, 0.5) is 9.18 Å². The number of nitrogens with zero attached hydrogens (tertiary/aromatic N) is 1. The quantitative estimate of drug-likeness (QED) is 0.0772. The van der Waals surface area contributed by atoms with Crippen molar-refractivity contribution in [2.45, 2.75) is 31.3 Å². The third-order valence-corrected chi connectivity index (χ3v) is 6.59. The van der Waals surface area contributed by atoms with Gasteiger partial charge < -0.3 is 32.1 Å². The zero-order chi connectivity index (χ0) is 32.4. The lowest BCUT2D eigenvalue weighted by molar-refractivity contribution is -0.129. The summed E-state index contributed by atoms with van der Waals surface area (Å²) < 4.78 is 12.2. The predicted octanol–water partition coefficient (Wildman–Crippen LogP) is 1.81. The van der Waals surface area contributed by atoms with E-state index in [-0.39, 0.29) is 50.2 Å². The Hall–Kier alpha value is -5.46. The van der Waals surface area contributed by atoms with Gasteiger partial charge in [0.1, 0.15) is 11.8 Å². The van der Waals surface area contributed by atoms with E-state index in [0.29, 0.717) is 6.42 Å². The maximum absolute atomic E-state index is 13.7. The number of phenolic OH excluding ortho intramolecular Hbond substituents is 1. The van der Waals surface area contributed by atoms with Crippen molar-refractivity contribution in [3.05, 3.63) is 102 Å². The second kappa shape index (κ2) is 18.3. The van der Waals surface area contributed by atoms with E-state index in [2.05, 4.69) is 31.6 Å². The largest absolute Gasteiger partial charge is 0.508 e. The van der Waals surface area contributed by atoms with Gasteiger partial charge in [0.2, 0.25) is 11.8 Å². The molecule has 1 atom stereocenters. The van der Waals surface area contributed by atoms with Crippen molar-refractivity contribution in [2.24, 2.45) is 10.7 Å². The Bertz CT molecular complexity index is 1380. The van der Waals surface area contributed by atoms with Crippen LogP contribution in [0.1, 0.15) is 35.4 Å². The summed E-state index contributed by atoms with van der Waals surface area (Å²) in [7, 11) is 0. The molecule has 0 spiro atoms. The van der Waals surface area contributed by atoms with Crippen LogP contribution in [0, 0.1) is 0 Å². The molecule has 0 unspecified atom stereocenters. The molecule has 0 bridgehead atoms. The molecule has 0 fully saturated rings. The SMILES string of the molecule is NC(=NCCC[C@@H](NC(=O)C(c1ccccc1)c1ccccc1)C(=O)NCc1ccc(O)cc1)NC(=O)NCCNC(=O)CF. The number of guanidine groups is 1. The molecular weight excluding hydrogens is 581 g/mol. The average Bonchev–Trinajstić information content (AvgIpc) is 3.05. The molecule has 0 aliphatic heterocycles. The summed E-state index contributed by atoms with van der Waals surface area (Å²) in [4.78, 5) is 54.0. The van der Waals surface area contributed by atoms with Gasteiger partial charge in [-0.25, -0.2) is 9.18 Å². The number of phenols is 1. The van der Waals surface area contributed by atoms with Crippen LogP contribution in [0.2, 0.25) is 0 Å². The minimum absolute atomic E-state index is 0.0462. The van der Waals surface area contributed by atoms with Gasteiger partial charge in [-0.1, -0.05) is 72.8 Å². The van der Waals surface area contributed by atoms with Crippen LogP contribution in [-0.4, -0.2) is 67.2 Å². The summed E-state index contributed by atoms with van der Waals surface area (Å²) in [6.45, 7) is -0.703. The van der Waals surface area contributed by atoms with Gasteiger partial charge in [-0.2, -0.15) is 0 Å². The third kappa shape index (κ3) is 12.0. The van der Waals surface area contributed by atoms with Crippen LogP contribution < -0.4 is 32.3 Å². The van der Waals surface area contributed by atoms with E-state index >= 15 is 0 Å². The van der Waals surface area contributed by atoms with Crippen molar-refractivity contribution in [1.29, 1.82) is 0 Å². The summed E-state index contributed by atoms with van der Waals surface area (Å²) in [6, 6.07) is 23.4. The van der Waals surface area contributed by atoms with Crippen LogP contribution in [0.15, 0.2) is 89.9 Å². The lowest BCUT2D eigenvalue weighted by Gasteiger charge is -2.23. The lowest BCUT2D eigenvalue weighted by Crippen LogP contribution is -2.48. The molecule has 3 aromatic carbocycles. The lowest BCUT2D eigenvalue weighted by atomic mass is 9.90. The summed E-state index contributed by atoms with van der Waals surface area (Å²) in [5.41, 5.74) is 8.11. The van der Waals surface area contributed by atoms with Gasteiger partial charge in [-0.3, -0.25) is 24.7 Å². The first-order chi connectivity index (χ1) is 21.8. The first kappa shape index (κ1) is 34.0. The molecule has 0 saturated carbocycles. The van der Waals surface area contributed by atoms with Crippen molar-refractivity contribution in [1.82, 2.24) is 26.6 Å². The van der Waals surface area contributed by atoms with Gasteiger partial charge in [0.15, 0.2) is 12.6 Å². The number of hydrogen-bond acceptors (Lipinski definition) is 6. The van der Waals surface area contributed by atoms with Crippen LogP contribution >= 0.6 is 0 Å². The van der Waals surface area contributed by atoms with Gasteiger partial charge in [0, 0.05) is 26.2 Å². The first-order valence-electron chi connectivity index (χ1n) is 14.4. The molecular formula is C32H38FN7O5. The van der Waals surface area contributed by atoms with Crippen LogP contribution in [-0.2, 0) is 20.9 Å². The van der Waals surface area contributed by atoms with Gasteiger partial charge in [-0.15, -0.1) is 0 Å². The predicted molar refractivity (Wildman–Crippen MR) is 168 cm³/mol. The number of hydrogen-bond donors (Lipinski definition) is 7. The second-order valence-corrected chi connectivity index (χ2v) is 9.97. The molecule has 3 aromatic rings. The summed E-state index contributed by atoms with van der Waals surface area (Å²) in [6.07, 6.45) is 0.568. The van der Waals surface area contributed by atoms with Crippen LogP contribution in [0.3, 0.4) is 0 Å². The van der Waals surface area contributed by atoms with Gasteiger partial charge in [0.25, 0.3) is 5.91 Å². The van der Waals surface area contributed by atoms with E-state index in [9.17, 15) is 28.7 Å². The van der Waals surface area contributed by atoms with E-state index in [4.69, 9.17) is 5.73 Å². The fraction of sp³-hybridized carbons (Fsp3) is 0.281. The Morgan fingerprint density at radius 2 is 1.40 bits per heavy atom. The van der Waals surface area contributed by atoms with E-state index in [1.165, 1.54) is 12.1 Å². The molecule has 0 radical (unpaired) electrons. The molecule has 0 aliphatic rings. The zero-order valence-electron chi connectivity index (χ0n) is 24.7. The maximum atomic E-state index is 13.7. The first-order valence-corrected chi connectivity index (χ1v) is 14.4. The van der Waals surface area contributed by atoms with Crippen molar-refractivity contribution in [3.8, 4) is 5.75 Å². The highest BCUT2D eigenvalue weighted by Gasteiger charge is 2.27. The van der Waals surface area contributed by atoms with E-state index in [1.54, 1.807) is 12.1 Å². The molecule has 45 heavy (non-hydrogen) atoms. The highest BCUT2D eigenvalue weighted by Crippen LogP contribution is 2.25. The summed E-state index contributed by atoms with van der Waals surface area (Å²) in [5.74, 6) is -2.23. The number of rotatable bonds is 15. The van der Waals surface area contributed by atoms with Crippen molar-refractivity contribution in [3.63, 3.8) is 0 Å². The Balaban J connectivity index is 1.64. The van der Waals surface area contributed by atoms with Crippen LogP contribution in [0.5, 0.6) is 5.75 Å². The molecule has 8 N–H and O–H groups in total.